The molecule has 2 aromatic rings. The highest BCUT2D eigenvalue weighted by molar-refractivity contribution is 7.90. The maximum Gasteiger partial charge on any atom is 0.264 e. The molecule has 9 nitrogen and oxygen atoms in total. The van der Waals surface area contributed by atoms with Crippen LogP contribution in [-0.2, 0) is 24.7 Å². The minimum Gasteiger partial charge on any atom is -0.457 e. The Morgan fingerprint density at radius 3 is 1.79 bits per heavy atom. The van der Waals surface area contributed by atoms with E-state index in [0.717, 1.165) is 6.26 Å². The van der Waals surface area contributed by atoms with E-state index in [1.165, 1.54) is 54.0 Å². The number of ether oxygens (including phenoxy) is 1. The number of sulfone groups is 1. The summed E-state index contributed by atoms with van der Waals surface area (Å²) in [5, 5.41) is 8.86. The lowest BCUT2D eigenvalue weighted by Crippen LogP contribution is -2.62. The minimum absolute atomic E-state index is 0.0608. The number of hydrogen-bond donors (Lipinski definition) is 3. The second-order valence-corrected chi connectivity index (χ2v) is 10.5. The summed E-state index contributed by atoms with van der Waals surface area (Å²) >= 11 is 0. The molecule has 3 rings (SSSR count). The lowest BCUT2D eigenvalue weighted by atomic mass is 9.77. The van der Waals surface area contributed by atoms with Crippen LogP contribution in [0.15, 0.2) is 58.3 Å². The van der Waals surface area contributed by atoms with Crippen LogP contribution in [0.4, 0.5) is 0 Å². The van der Waals surface area contributed by atoms with Crippen molar-refractivity contribution in [2.45, 2.75) is 34.6 Å². The first-order valence-corrected chi connectivity index (χ1v) is 12.0. The van der Waals surface area contributed by atoms with E-state index in [-0.39, 0.29) is 9.79 Å². The van der Waals surface area contributed by atoms with E-state index in [1.54, 1.807) is 0 Å². The highest BCUT2D eigenvalue weighted by Gasteiger charge is 2.47. The van der Waals surface area contributed by atoms with Gasteiger partial charge in [-0.2, -0.15) is 4.72 Å². The molecule has 0 saturated heterocycles. The van der Waals surface area contributed by atoms with Gasteiger partial charge < -0.3 is 4.74 Å². The molecule has 2 aromatic carbocycles. The molecule has 1 fully saturated rings. The van der Waals surface area contributed by atoms with Gasteiger partial charge in [0.2, 0.25) is 10.0 Å². The smallest absolute Gasteiger partial charge is 0.264 e. The fourth-order valence-corrected chi connectivity index (χ4v) is 4.96. The minimum atomic E-state index is -3.99. The third-order valence-electron chi connectivity index (χ3n) is 4.69. The summed E-state index contributed by atoms with van der Waals surface area (Å²) in [6.07, 6.45) is 2.36. The molecule has 0 atom stereocenters. The molecule has 0 heterocycles. The van der Waals surface area contributed by atoms with Gasteiger partial charge in [0.25, 0.3) is 5.91 Å². The van der Waals surface area contributed by atoms with Gasteiger partial charge in [0.15, 0.2) is 9.84 Å². The van der Waals surface area contributed by atoms with Gasteiger partial charge in [-0.15, -0.1) is 0 Å². The number of nitrogens with one attached hydrogen (secondary N) is 2. The summed E-state index contributed by atoms with van der Waals surface area (Å²) in [4.78, 5) is 11.9. The van der Waals surface area contributed by atoms with Gasteiger partial charge in [0.1, 0.15) is 17.0 Å². The summed E-state index contributed by atoms with van der Waals surface area (Å²) < 4.78 is 56.1. The summed E-state index contributed by atoms with van der Waals surface area (Å²) in [5.41, 5.74) is 0.165. The highest BCUT2D eigenvalue weighted by atomic mass is 32.2. The van der Waals surface area contributed by atoms with E-state index in [2.05, 4.69) is 4.72 Å². The number of amides is 1. The van der Waals surface area contributed by atoms with Crippen molar-refractivity contribution in [2.24, 2.45) is 0 Å². The molecule has 0 aliphatic heterocycles. The van der Waals surface area contributed by atoms with Crippen LogP contribution < -0.4 is 14.9 Å². The van der Waals surface area contributed by atoms with E-state index < -0.39 is 31.3 Å². The SMILES string of the molecule is CS(=O)(=O)c1ccc(Oc2ccc(S(=O)(=O)NC3(C(=O)NO)CCC3)cc2)cc1. The molecule has 0 spiro atoms. The highest BCUT2D eigenvalue weighted by Crippen LogP contribution is 2.34. The number of hydroxylamine groups is 1. The lowest BCUT2D eigenvalue weighted by Gasteiger charge is -2.39. The molecular formula is C18H20N2O7S2. The van der Waals surface area contributed by atoms with Crippen molar-refractivity contribution < 1.29 is 31.6 Å². The van der Waals surface area contributed by atoms with Crippen LogP contribution in [0.3, 0.4) is 0 Å². The van der Waals surface area contributed by atoms with Crippen molar-refractivity contribution in [1.29, 1.82) is 0 Å². The number of sulfonamides is 1. The Morgan fingerprint density at radius 1 is 0.931 bits per heavy atom. The Morgan fingerprint density at radius 2 is 1.41 bits per heavy atom. The number of benzene rings is 2. The molecule has 3 N–H and O–H groups in total. The molecule has 29 heavy (non-hydrogen) atoms. The zero-order valence-corrected chi connectivity index (χ0v) is 17.1. The van der Waals surface area contributed by atoms with Crippen LogP contribution in [0.1, 0.15) is 19.3 Å². The fourth-order valence-electron chi connectivity index (χ4n) is 2.91. The topological polar surface area (TPSA) is 139 Å². The number of rotatable bonds is 7. The molecule has 1 amide bonds. The summed E-state index contributed by atoms with van der Waals surface area (Å²) in [5.74, 6) is -0.0495. The molecule has 11 heteroatoms. The zero-order valence-electron chi connectivity index (χ0n) is 15.5. The van der Waals surface area contributed by atoms with Crippen molar-refractivity contribution in [3.63, 3.8) is 0 Å². The Hall–Kier alpha value is -2.47. The molecule has 1 aliphatic carbocycles. The number of hydrogen-bond acceptors (Lipinski definition) is 7. The Bertz CT molecular complexity index is 1110. The summed E-state index contributed by atoms with van der Waals surface area (Å²) in [6.45, 7) is 0. The zero-order chi connectivity index (χ0) is 21.3. The van der Waals surface area contributed by atoms with Crippen molar-refractivity contribution in [3.05, 3.63) is 48.5 Å². The van der Waals surface area contributed by atoms with Crippen LogP contribution in [0.25, 0.3) is 0 Å². The molecule has 1 aliphatic rings. The molecule has 0 bridgehead atoms. The van der Waals surface area contributed by atoms with Gasteiger partial charge in [-0.3, -0.25) is 10.0 Å². The maximum absolute atomic E-state index is 12.6. The second-order valence-electron chi connectivity index (χ2n) is 6.80. The monoisotopic (exact) mass is 440 g/mol. The Labute approximate surface area is 168 Å². The van der Waals surface area contributed by atoms with Crippen molar-refractivity contribution in [1.82, 2.24) is 10.2 Å². The van der Waals surface area contributed by atoms with Gasteiger partial charge in [0, 0.05) is 6.26 Å². The van der Waals surface area contributed by atoms with Crippen molar-refractivity contribution in [2.75, 3.05) is 6.26 Å². The predicted molar refractivity (Wildman–Crippen MR) is 103 cm³/mol. The van der Waals surface area contributed by atoms with E-state index in [4.69, 9.17) is 9.94 Å². The predicted octanol–water partition coefficient (Wildman–Crippen LogP) is 1.59. The largest absolute Gasteiger partial charge is 0.457 e. The number of carbonyl (C=O) groups excluding carboxylic acids is 1. The first kappa shape index (κ1) is 21.2. The molecular weight excluding hydrogens is 420 g/mol. The molecule has 0 radical (unpaired) electrons. The van der Waals surface area contributed by atoms with E-state index >= 15 is 0 Å². The van der Waals surface area contributed by atoms with Gasteiger partial charge in [-0.25, -0.2) is 22.3 Å². The maximum atomic E-state index is 12.6. The van der Waals surface area contributed by atoms with Gasteiger partial charge in [-0.05, 0) is 67.8 Å². The molecule has 156 valence electrons. The van der Waals surface area contributed by atoms with Crippen LogP contribution in [0, 0.1) is 0 Å². The average molecular weight is 440 g/mol. The van der Waals surface area contributed by atoms with Crippen molar-refractivity contribution >= 4 is 25.8 Å². The van der Waals surface area contributed by atoms with Gasteiger partial charge >= 0.3 is 0 Å². The normalized spacial score (nSPS) is 15.9. The first-order valence-electron chi connectivity index (χ1n) is 8.62. The number of carbonyl (C=O) groups is 1. The van der Waals surface area contributed by atoms with Crippen LogP contribution >= 0.6 is 0 Å². The lowest BCUT2D eigenvalue weighted by molar-refractivity contribution is -0.138. The Kier molecular flexibility index (Phi) is 5.68. The first-order chi connectivity index (χ1) is 13.6. The third-order valence-corrected chi connectivity index (χ3v) is 7.38. The van der Waals surface area contributed by atoms with Gasteiger partial charge in [0.05, 0.1) is 9.79 Å². The molecule has 0 unspecified atom stereocenters. The summed E-state index contributed by atoms with van der Waals surface area (Å²) in [6, 6.07) is 11.4. The van der Waals surface area contributed by atoms with Crippen LogP contribution in [0.2, 0.25) is 0 Å². The van der Waals surface area contributed by atoms with Crippen molar-refractivity contribution in [3.8, 4) is 11.5 Å². The van der Waals surface area contributed by atoms with E-state index in [1.807, 2.05) is 0 Å². The van der Waals surface area contributed by atoms with Crippen LogP contribution in [0.5, 0.6) is 11.5 Å². The second kappa shape index (κ2) is 7.75. The average Bonchev–Trinajstić information content (AvgIpc) is 2.64. The quantitative estimate of drug-likeness (QED) is 0.439. The van der Waals surface area contributed by atoms with E-state index in [9.17, 15) is 21.6 Å². The molecule has 1 saturated carbocycles. The van der Waals surface area contributed by atoms with Crippen LogP contribution in [-0.4, -0.2) is 39.7 Å². The standard InChI is InChI=1S/C18H20N2O7S2/c1-28(23,24)15-7-3-13(4-8-15)27-14-5-9-16(10-6-14)29(25,26)20-18(11-2-12-18)17(21)19-22/h3-10,20,22H,2,11-12H2,1H3,(H,19,21). The summed E-state index contributed by atoms with van der Waals surface area (Å²) in [7, 11) is -7.30. The fraction of sp³-hybridized carbons (Fsp3) is 0.278. The van der Waals surface area contributed by atoms with E-state index in [0.29, 0.717) is 30.8 Å². The van der Waals surface area contributed by atoms with Gasteiger partial charge in [-0.1, -0.05) is 0 Å². The third kappa shape index (κ3) is 4.58. The molecule has 0 aromatic heterocycles. The Balaban J connectivity index is 1.73.